The van der Waals surface area contributed by atoms with Gasteiger partial charge >= 0.3 is 6.18 Å². The first-order valence-corrected chi connectivity index (χ1v) is 8.21. The van der Waals surface area contributed by atoms with E-state index in [1.807, 2.05) is 0 Å². The van der Waals surface area contributed by atoms with E-state index in [0.29, 0.717) is 17.2 Å². The van der Waals surface area contributed by atoms with Crippen LogP contribution >= 0.6 is 0 Å². The van der Waals surface area contributed by atoms with E-state index < -0.39 is 34.9 Å². The fourth-order valence-corrected chi connectivity index (χ4v) is 2.74. The molecule has 1 amide bonds. The minimum Gasteiger partial charge on any atom is -0.508 e. The number of rotatable bonds is 4. The molecule has 2 aromatic carbocycles. The van der Waals surface area contributed by atoms with Gasteiger partial charge in [0.15, 0.2) is 0 Å². The molecule has 0 aliphatic rings. The molecule has 1 aromatic heterocycles. The highest BCUT2D eigenvalue weighted by Gasteiger charge is 2.32. The zero-order valence-corrected chi connectivity index (χ0v) is 14.3. The number of H-pyrrole nitrogens is 1. The van der Waals surface area contributed by atoms with Gasteiger partial charge in [-0.2, -0.15) is 13.2 Å². The minimum absolute atomic E-state index is 0.0138. The van der Waals surface area contributed by atoms with Crippen molar-refractivity contribution in [3.63, 3.8) is 0 Å². The molecule has 0 radical (unpaired) electrons. The number of hydrogen-bond donors (Lipinski definition) is 3. The van der Waals surface area contributed by atoms with Crippen molar-refractivity contribution in [2.45, 2.75) is 12.2 Å². The predicted octanol–water partition coefficient (Wildman–Crippen LogP) is 3.62. The largest absolute Gasteiger partial charge is 0.508 e. The number of hydrogen-bond acceptors (Lipinski definition) is 3. The molecule has 8 heteroatoms. The zero-order chi connectivity index (χ0) is 20.3. The summed E-state index contributed by atoms with van der Waals surface area (Å²) in [7, 11) is 0. The van der Waals surface area contributed by atoms with Gasteiger partial charge < -0.3 is 15.4 Å². The van der Waals surface area contributed by atoms with Crippen molar-refractivity contribution in [3.8, 4) is 5.75 Å². The Labute approximate surface area is 157 Å². The summed E-state index contributed by atoms with van der Waals surface area (Å²) in [4.78, 5) is 26.3. The number of aromatic nitrogens is 1. The first-order chi connectivity index (χ1) is 13.3. The summed E-state index contributed by atoms with van der Waals surface area (Å²) in [5.41, 5.74) is -1.61. The van der Waals surface area contributed by atoms with E-state index in [9.17, 15) is 27.9 Å². The molecule has 0 aliphatic heterocycles. The second-order valence-electron chi connectivity index (χ2n) is 6.02. The van der Waals surface area contributed by atoms with E-state index in [0.717, 1.165) is 6.07 Å². The lowest BCUT2D eigenvalue weighted by atomic mass is 9.98. The van der Waals surface area contributed by atoms with E-state index >= 15 is 0 Å². The Hall–Kier alpha value is -3.55. The molecule has 0 fully saturated rings. The third-order valence-corrected chi connectivity index (χ3v) is 4.07. The molecule has 0 bridgehead atoms. The number of nitrogens with one attached hydrogen (secondary N) is 2. The van der Waals surface area contributed by atoms with Crippen LogP contribution in [0.2, 0.25) is 0 Å². The molecule has 5 nitrogen and oxygen atoms in total. The highest BCUT2D eigenvalue weighted by molar-refractivity contribution is 5.94. The smallest absolute Gasteiger partial charge is 0.431 e. The molecule has 3 rings (SSSR count). The van der Waals surface area contributed by atoms with Crippen molar-refractivity contribution in [2.24, 2.45) is 0 Å². The maximum absolute atomic E-state index is 12.7. The van der Waals surface area contributed by atoms with Crippen LogP contribution in [-0.2, 0) is 6.18 Å². The number of phenolic OH excluding ortho intramolecular Hbond substituents is 1. The third kappa shape index (κ3) is 4.22. The Kier molecular flexibility index (Phi) is 5.21. The molecule has 0 saturated heterocycles. The van der Waals surface area contributed by atoms with Crippen LogP contribution in [0.1, 0.15) is 33.2 Å². The zero-order valence-electron chi connectivity index (χ0n) is 14.3. The van der Waals surface area contributed by atoms with E-state index in [-0.39, 0.29) is 5.75 Å². The standard InChI is InChI=1S/C20H15F3N2O3/c21-20(22,23)16-10-9-15(18(27)24-16)19(28)25-17(12-5-2-1-3-6-12)13-7-4-8-14(26)11-13/h1-11,17,26H,(H,24,27)(H,25,28). The average molecular weight is 388 g/mol. The normalized spacial score (nSPS) is 12.4. The van der Waals surface area contributed by atoms with Crippen LogP contribution in [0.15, 0.2) is 71.5 Å². The molecule has 1 unspecified atom stereocenters. The molecule has 28 heavy (non-hydrogen) atoms. The number of pyridine rings is 1. The van der Waals surface area contributed by atoms with Crippen molar-refractivity contribution in [1.82, 2.24) is 10.3 Å². The van der Waals surface area contributed by atoms with Crippen molar-refractivity contribution in [2.75, 3.05) is 0 Å². The summed E-state index contributed by atoms with van der Waals surface area (Å²) < 4.78 is 38.1. The monoisotopic (exact) mass is 388 g/mol. The van der Waals surface area contributed by atoms with Crippen molar-refractivity contribution >= 4 is 5.91 Å². The van der Waals surface area contributed by atoms with E-state index in [1.165, 1.54) is 12.1 Å². The average Bonchev–Trinajstić information content (AvgIpc) is 2.65. The van der Waals surface area contributed by atoms with E-state index in [1.54, 1.807) is 47.4 Å². The first kappa shape index (κ1) is 19.2. The van der Waals surface area contributed by atoms with Gasteiger partial charge in [0.2, 0.25) is 0 Å². The number of phenols is 1. The van der Waals surface area contributed by atoms with Crippen molar-refractivity contribution in [1.29, 1.82) is 0 Å². The Balaban J connectivity index is 1.95. The number of alkyl halides is 3. The van der Waals surface area contributed by atoms with Gasteiger partial charge in [0.1, 0.15) is 17.0 Å². The van der Waals surface area contributed by atoms with Crippen LogP contribution < -0.4 is 10.9 Å². The molecule has 1 atom stereocenters. The maximum Gasteiger partial charge on any atom is 0.431 e. The van der Waals surface area contributed by atoms with E-state index in [4.69, 9.17) is 0 Å². The summed E-state index contributed by atoms with van der Waals surface area (Å²) in [6.07, 6.45) is -4.72. The topological polar surface area (TPSA) is 82.2 Å². The fraction of sp³-hybridized carbons (Fsp3) is 0.100. The molecule has 144 valence electrons. The molecule has 0 saturated carbocycles. The Bertz CT molecular complexity index is 1050. The molecule has 0 spiro atoms. The highest BCUT2D eigenvalue weighted by Crippen LogP contribution is 2.27. The number of carbonyl (C=O) groups excluding carboxylic acids is 1. The van der Waals surface area contributed by atoms with Gasteiger partial charge in [0.05, 0.1) is 6.04 Å². The van der Waals surface area contributed by atoms with Gasteiger partial charge in [-0.15, -0.1) is 0 Å². The second kappa shape index (κ2) is 7.59. The van der Waals surface area contributed by atoms with Crippen molar-refractivity contribution in [3.05, 3.63) is 99.5 Å². The lowest BCUT2D eigenvalue weighted by Gasteiger charge is -2.20. The third-order valence-electron chi connectivity index (χ3n) is 4.07. The molecule has 3 N–H and O–H groups in total. The van der Waals surface area contributed by atoms with Crippen LogP contribution in [-0.4, -0.2) is 16.0 Å². The summed E-state index contributed by atoms with van der Waals surface area (Å²) in [5, 5.41) is 12.4. The van der Waals surface area contributed by atoms with E-state index in [2.05, 4.69) is 5.32 Å². The summed E-state index contributed by atoms with van der Waals surface area (Å²) in [6, 6.07) is 15.7. The van der Waals surface area contributed by atoms with Gasteiger partial charge in [0.25, 0.3) is 11.5 Å². The predicted molar refractivity (Wildman–Crippen MR) is 95.9 cm³/mol. The molecule has 0 aliphatic carbocycles. The lowest BCUT2D eigenvalue weighted by molar-refractivity contribution is -0.141. The summed E-state index contributed by atoms with van der Waals surface area (Å²) in [6.45, 7) is 0. The molecule has 3 aromatic rings. The molecular weight excluding hydrogens is 373 g/mol. The Morgan fingerprint density at radius 1 is 0.964 bits per heavy atom. The number of aromatic amines is 1. The SMILES string of the molecule is O=C(NC(c1ccccc1)c1cccc(O)c1)c1ccc(C(F)(F)F)[nH]c1=O. The fourth-order valence-electron chi connectivity index (χ4n) is 2.74. The van der Waals surface area contributed by atoms with Gasteiger partial charge in [-0.3, -0.25) is 9.59 Å². The number of benzene rings is 2. The number of aromatic hydroxyl groups is 1. The molecular formula is C20H15F3N2O3. The van der Waals surface area contributed by atoms with Crippen LogP contribution in [0.3, 0.4) is 0 Å². The van der Waals surface area contributed by atoms with Gasteiger partial charge in [-0.25, -0.2) is 0 Å². The maximum atomic E-state index is 12.7. The van der Waals surface area contributed by atoms with Gasteiger partial charge in [-0.1, -0.05) is 42.5 Å². The Morgan fingerprint density at radius 3 is 2.25 bits per heavy atom. The van der Waals surface area contributed by atoms with Crippen molar-refractivity contribution < 1.29 is 23.1 Å². The lowest BCUT2D eigenvalue weighted by Crippen LogP contribution is -2.34. The number of halogens is 3. The summed E-state index contributed by atoms with van der Waals surface area (Å²) >= 11 is 0. The molecule has 1 heterocycles. The highest BCUT2D eigenvalue weighted by atomic mass is 19.4. The van der Waals surface area contributed by atoms with Gasteiger partial charge in [-0.05, 0) is 35.4 Å². The summed E-state index contributed by atoms with van der Waals surface area (Å²) in [5.74, 6) is -0.854. The minimum atomic E-state index is -4.72. The Morgan fingerprint density at radius 2 is 1.64 bits per heavy atom. The number of amides is 1. The second-order valence-corrected chi connectivity index (χ2v) is 6.02. The van der Waals surface area contributed by atoms with Crippen LogP contribution in [0.4, 0.5) is 13.2 Å². The van der Waals surface area contributed by atoms with Crippen LogP contribution in [0, 0.1) is 0 Å². The first-order valence-electron chi connectivity index (χ1n) is 8.21. The number of carbonyl (C=O) groups is 1. The van der Waals surface area contributed by atoms with Gasteiger partial charge in [0, 0.05) is 0 Å². The quantitative estimate of drug-likeness (QED) is 0.639. The van der Waals surface area contributed by atoms with Crippen LogP contribution in [0.5, 0.6) is 5.75 Å². The van der Waals surface area contributed by atoms with Crippen LogP contribution in [0.25, 0.3) is 0 Å².